The molecule has 18 heavy (non-hydrogen) atoms. The Hall–Kier alpha value is -1.69. The quantitative estimate of drug-likeness (QED) is 0.686. The fraction of sp³-hybridized carbons (Fsp3) is 0.167. The number of hydrogen-bond donors (Lipinski definition) is 1. The van der Waals surface area contributed by atoms with Gasteiger partial charge in [-0.3, -0.25) is 0 Å². The Morgan fingerprint density at radius 1 is 1.22 bits per heavy atom. The zero-order valence-corrected chi connectivity index (χ0v) is 10.3. The first-order chi connectivity index (χ1) is 8.56. The topological polar surface area (TPSA) is 46.0 Å². The van der Waals surface area contributed by atoms with Gasteiger partial charge in [0.2, 0.25) is 5.88 Å². The fourth-order valence-electron chi connectivity index (χ4n) is 1.40. The number of nitrogens with zero attached hydrogens (tertiary/aromatic N) is 2. The summed E-state index contributed by atoms with van der Waals surface area (Å²) in [5.74, 6) is -1.28. The van der Waals surface area contributed by atoms with E-state index in [2.05, 4.69) is 9.97 Å². The largest absolute Gasteiger partial charge is 0.493 e. The first-order valence-electron chi connectivity index (χ1n) is 5.16. The maximum absolute atomic E-state index is 13.4. The van der Waals surface area contributed by atoms with Gasteiger partial charge in [0.15, 0.2) is 5.16 Å². The SMILES string of the molecule is Cc1cc(O)nc(SCc2c(F)cccc2F)n1. The van der Waals surface area contributed by atoms with Crippen LogP contribution in [0.1, 0.15) is 11.3 Å². The average Bonchev–Trinajstić information content (AvgIpc) is 2.27. The van der Waals surface area contributed by atoms with Crippen LogP contribution in [0.2, 0.25) is 0 Å². The molecule has 0 aliphatic heterocycles. The van der Waals surface area contributed by atoms with Gasteiger partial charge < -0.3 is 5.11 Å². The second kappa shape index (κ2) is 5.30. The molecule has 0 atom stereocenters. The molecule has 0 unspecified atom stereocenters. The van der Waals surface area contributed by atoms with Crippen LogP contribution < -0.4 is 0 Å². The van der Waals surface area contributed by atoms with Crippen molar-refractivity contribution in [3.05, 3.63) is 47.2 Å². The Bertz CT molecular complexity index is 537. The zero-order chi connectivity index (χ0) is 13.1. The van der Waals surface area contributed by atoms with E-state index in [9.17, 15) is 13.9 Å². The highest BCUT2D eigenvalue weighted by atomic mass is 32.2. The lowest BCUT2D eigenvalue weighted by Crippen LogP contribution is -1.95. The molecule has 3 nitrogen and oxygen atoms in total. The number of halogens is 2. The number of rotatable bonds is 3. The molecule has 1 aromatic carbocycles. The zero-order valence-electron chi connectivity index (χ0n) is 9.52. The van der Waals surface area contributed by atoms with Gasteiger partial charge in [-0.05, 0) is 19.1 Å². The van der Waals surface area contributed by atoms with Crippen LogP contribution in [-0.4, -0.2) is 15.1 Å². The number of aryl methyl sites for hydroxylation is 1. The Morgan fingerprint density at radius 3 is 2.50 bits per heavy atom. The van der Waals surface area contributed by atoms with E-state index < -0.39 is 11.6 Å². The summed E-state index contributed by atoms with van der Waals surface area (Å²) >= 11 is 1.07. The van der Waals surface area contributed by atoms with Gasteiger partial charge in [0, 0.05) is 23.1 Å². The maximum Gasteiger partial charge on any atom is 0.215 e. The van der Waals surface area contributed by atoms with Crippen LogP contribution in [-0.2, 0) is 5.75 Å². The molecule has 0 saturated carbocycles. The molecule has 0 spiro atoms. The third kappa shape index (κ3) is 2.95. The van der Waals surface area contributed by atoms with Gasteiger partial charge in [-0.25, -0.2) is 13.8 Å². The van der Waals surface area contributed by atoms with Crippen molar-refractivity contribution in [2.75, 3.05) is 0 Å². The molecule has 6 heteroatoms. The summed E-state index contributed by atoms with van der Waals surface area (Å²) in [5, 5.41) is 9.57. The predicted molar refractivity (Wildman–Crippen MR) is 64.4 cm³/mol. The second-order valence-electron chi connectivity index (χ2n) is 3.64. The second-order valence-corrected chi connectivity index (χ2v) is 4.58. The van der Waals surface area contributed by atoms with Gasteiger partial charge in [-0.2, -0.15) is 4.98 Å². The highest BCUT2D eigenvalue weighted by Gasteiger charge is 2.10. The summed E-state index contributed by atoms with van der Waals surface area (Å²) in [5.41, 5.74) is 0.575. The first-order valence-corrected chi connectivity index (χ1v) is 6.15. The van der Waals surface area contributed by atoms with Crippen LogP contribution in [0.3, 0.4) is 0 Å². The van der Waals surface area contributed by atoms with Crippen molar-refractivity contribution in [1.82, 2.24) is 9.97 Å². The summed E-state index contributed by atoms with van der Waals surface area (Å²) in [6.07, 6.45) is 0. The van der Waals surface area contributed by atoms with Crippen molar-refractivity contribution in [3.63, 3.8) is 0 Å². The van der Waals surface area contributed by atoms with Crippen molar-refractivity contribution < 1.29 is 13.9 Å². The van der Waals surface area contributed by atoms with Gasteiger partial charge in [0.05, 0.1) is 0 Å². The van der Waals surface area contributed by atoms with Gasteiger partial charge in [0.25, 0.3) is 0 Å². The smallest absolute Gasteiger partial charge is 0.215 e. The minimum absolute atomic E-state index is 0.0212. The van der Waals surface area contributed by atoms with Crippen LogP contribution in [0, 0.1) is 18.6 Å². The average molecular weight is 268 g/mol. The predicted octanol–water partition coefficient (Wildman–Crippen LogP) is 3.06. The third-order valence-corrected chi connectivity index (χ3v) is 3.10. The lowest BCUT2D eigenvalue weighted by Gasteiger charge is -2.04. The number of thioether (sulfide) groups is 1. The van der Waals surface area contributed by atoms with E-state index in [4.69, 9.17) is 0 Å². The van der Waals surface area contributed by atoms with Crippen LogP contribution >= 0.6 is 11.8 Å². The van der Waals surface area contributed by atoms with E-state index >= 15 is 0 Å². The summed E-state index contributed by atoms with van der Waals surface area (Å²) in [6.45, 7) is 1.70. The summed E-state index contributed by atoms with van der Waals surface area (Å²) < 4.78 is 26.7. The lowest BCUT2D eigenvalue weighted by atomic mass is 10.2. The molecule has 1 heterocycles. The van der Waals surface area contributed by atoms with E-state index in [1.54, 1.807) is 6.92 Å². The Kier molecular flexibility index (Phi) is 3.76. The first kappa shape index (κ1) is 12.8. The highest BCUT2D eigenvalue weighted by molar-refractivity contribution is 7.98. The summed E-state index contributed by atoms with van der Waals surface area (Å²) in [7, 11) is 0. The monoisotopic (exact) mass is 268 g/mol. The van der Waals surface area contributed by atoms with Crippen molar-refractivity contribution in [2.45, 2.75) is 17.8 Å². The van der Waals surface area contributed by atoms with Crippen molar-refractivity contribution in [1.29, 1.82) is 0 Å². The number of aromatic hydroxyl groups is 1. The molecule has 0 saturated heterocycles. The Labute approximate surface area is 107 Å². The van der Waals surface area contributed by atoms with Crippen molar-refractivity contribution in [3.8, 4) is 5.88 Å². The lowest BCUT2D eigenvalue weighted by molar-refractivity contribution is 0.444. The fourth-order valence-corrected chi connectivity index (χ4v) is 2.31. The molecule has 0 bridgehead atoms. The van der Waals surface area contributed by atoms with Crippen molar-refractivity contribution in [2.24, 2.45) is 0 Å². The molecule has 1 N–H and O–H groups in total. The normalized spacial score (nSPS) is 10.6. The molecule has 2 rings (SSSR count). The maximum atomic E-state index is 13.4. The van der Waals surface area contributed by atoms with Crippen LogP contribution in [0.15, 0.2) is 29.4 Å². The summed E-state index contributed by atoms with van der Waals surface area (Å²) in [4.78, 5) is 7.83. The molecule has 2 aromatic rings. The summed E-state index contributed by atoms with van der Waals surface area (Å²) in [6, 6.07) is 5.13. The Morgan fingerprint density at radius 2 is 1.89 bits per heavy atom. The van der Waals surface area contributed by atoms with E-state index in [1.165, 1.54) is 24.3 Å². The molecule has 0 amide bonds. The molecule has 1 aromatic heterocycles. The van der Waals surface area contributed by atoms with E-state index in [1.807, 2.05) is 0 Å². The van der Waals surface area contributed by atoms with E-state index in [-0.39, 0.29) is 22.4 Å². The number of benzene rings is 1. The molecule has 0 aliphatic rings. The third-order valence-electron chi connectivity index (χ3n) is 2.23. The van der Waals surface area contributed by atoms with Crippen LogP contribution in [0.25, 0.3) is 0 Å². The van der Waals surface area contributed by atoms with E-state index in [0.29, 0.717) is 5.69 Å². The molecular weight excluding hydrogens is 258 g/mol. The Balaban J connectivity index is 2.16. The minimum atomic E-state index is -0.598. The van der Waals surface area contributed by atoms with Crippen LogP contribution in [0.4, 0.5) is 8.78 Å². The molecular formula is C12H10F2N2OS. The van der Waals surface area contributed by atoms with Gasteiger partial charge >= 0.3 is 0 Å². The van der Waals surface area contributed by atoms with Gasteiger partial charge in [-0.1, -0.05) is 17.8 Å². The number of hydrogen-bond acceptors (Lipinski definition) is 4. The van der Waals surface area contributed by atoms with Crippen molar-refractivity contribution >= 4 is 11.8 Å². The van der Waals surface area contributed by atoms with Crippen LogP contribution in [0.5, 0.6) is 5.88 Å². The standard InChI is InChI=1S/C12H10F2N2OS/c1-7-5-11(17)16-12(15-7)18-6-8-9(13)3-2-4-10(8)14/h2-5H,6H2,1H3,(H,15,16,17). The van der Waals surface area contributed by atoms with E-state index in [0.717, 1.165) is 11.8 Å². The molecule has 0 aliphatic carbocycles. The molecule has 0 radical (unpaired) electrons. The minimum Gasteiger partial charge on any atom is -0.493 e. The number of aromatic nitrogens is 2. The molecule has 0 fully saturated rings. The van der Waals surface area contributed by atoms with Gasteiger partial charge in [0.1, 0.15) is 11.6 Å². The highest BCUT2D eigenvalue weighted by Crippen LogP contribution is 2.24. The van der Waals surface area contributed by atoms with Gasteiger partial charge in [-0.15, -0.1) is 0 Å². The molecule has 94 valence electrons.